The number of hydrogen-bond donors (Lipinski definition) is 1. The van der Waals surface area contributed by atoms with E-state index in [2.05, 4.69) is 21.2 Å². The Bertz CT molecular complexity index is 872. The van der Waals surface area contributed by atoms with E-state index in [0.29, 0.717) is 17.4 Å². The van der Waals surface area contributed by atoms with E-state index in [-0.39, 0.29) is 11.6 Å². The van der Waals surface area contributed by atoms with Crippen molar-refractivity contribution in [1.29, 1.82) is 5.26 Å². The van der Waals surface area contributed by atoms with E-state index in [4.69, 9.17) is 16.3 Å². The monoisotopic (exact) mass is 432 g/mol. The molecule has 0 saturated carbocycles. The lowest BCUT2D eigenvalue weighted by Gasteiger charge is -2.10. The lowest BCUT2D eigenvalue weighted by Crippen LogP contribution is -2.30. The Kier molecular flexibility index (Phi) is 7.26. The van der Waals surface area contributed by atoms with Crippen molar-refractivity contribution in [3.63, 3.8) is 0 Å². The minimum atomic E-state index is -0.391. The van der Waals surface area contributed by atoms with Gasteiger partial charge in [-0.05, 0) is 59.6 Å². The van der Waals surface area contributed by atoms with Crippen molar-refractivity contribution >= 4 is 39.5 Å². The number of hydrogen-bond acceptors (Lipinski definition) is 3. The molecular weight excluding hydrogens is 416 g/mol. The first kappa shape index (κ1) is 20.0. The molecule has 2 rings (SSSR count). The Morgan fingerprint density at radius 3 is 2.69 bits per heavy atom. The molecule has 0 bridgehead atoms. The van der Waals surface area contributed by atoms with Crippen molar-refractivity contribution in [3.05, 3.63) is 68.7 Å². The zero-order chi connectivity index (χ0) is 19.1. The van der Waals surface area contributed by atoms with Crippen molar-refractivity contribution in [3.8, 4) is 11.8 Å². The van der Waals surface area contributed by atoms with Crippen LogP contribution in [-0.2, 0) is 11.4 Å². The molecule has 6 heteroatoms. The summed E-state index contributed by atoms with van der Waals surface area (Å²) in [5.74, 6) is 0.255. The molecule has 2 aromatic carbocycles. The summed E-state index contributed by atoms with van der Waals surface area (Å²) in [6, 6.07) is 14.7. The molecule has 2 aromatic rings. The summed E-state index contributed by atoms with van der Waals surface area (Å²) in [6.07, 6.45) is 1.54. The molecule has 0 heterocycles. The van der Waals surface area contributed by atoms with Crippen molar-refractivity contribution in [2.45, 2.75) is 26.5 Å². The minimum Gasteiger partial charge on any atom is -0.488 e. The van der Waals surface area contributed by atoms with Crippen LogP contribution in [-0.4, -0.2) is 11.9 Å². The predicted molar refractivity (Wildman–Crippen MR) is 107 cm³/mol. The molecule has 0 fully saturated rings. The van der Waals surface area contributed by atoms with Gasteiger partial charge >= 0.3 is 0 Å². The van der Waals surface area contributed by atoms with Crippen LogP contribution in [0.2, 0.25) is 5.02 Å². The molecular formula is C20H18BrClN2O2. The molecule has 0 aromatic heterocycles. The van der Waals surface area contributed by atoms with Gasteiger partial charge in [-0.3, -0.25) is 4.79 Å². The van der Waals surface area contributed by atoms with Crippen LogP contribution in [0.25, 0.3) is 6.08 Å². The molecule has 1 N–H and O–H groups in total. The highest BCUT2D eigenvalue weighted by atomic mass is 79.9. The van der Waals surface area contributed by atoms with E-state index in [9.17, 15) is 10.1 Å². The van der Waals surface area contributed by atoms with E-state index < -0.39 is 5.91 Å². The number of carbonyl (C=O) groups is 1. The number of halogens is 2. The van der Waals surface area contributed by atoms with Gasteiger partial charge in [0.15, 0.2) is 0 Å². The first-order valence-corrected chi connectivity index (χ1v) is 9.16. The van der Waals surface area contributed by atoms with Crippen LogP contribution in [0, 0.1) is 11.3 Å². The molecule has 0 atom stereocenters. The lowest BCUT2D eigenvalue weighted by atomic mass is 10.1. The number of nitrogens with zero attached hydrogens (tertiary/aromatic N) is 1. The number of nitriles is 1. The number of ether oxygens (including phenoxy) is 1. The van der Waals surface area contributed by atoms with Gasteiger partial charge in [0, 0.05) is 16.6 Å². The standard InChI is InChI=1S/C20H18BrClN2O2/c1-13(2)24-20(25)16(11-23)9-14-7-8-19(17(21)10-14)26-12-15-5-3-4-6-18(15)22/h3-10,13H,12H2,1-2H3,(H,24,25)/b16-9-. The topological polar surface area (TPSA) is 62.1 Å². The van der Waals surface area contributed by atoms with E-state index >= 15 is 0 Å². The molecule has 0 unspecified atom stereocenters. The Balaban J connectivity index is 2.13. The molecule has 0 aliphatic heterocycles. The van der Waals surface area contributed by atoms with Gasteiger partial charge in [0.05, 0.1) is 4.47 Å². The molecule has 4 nitrogen and oxygen atoms in total. The third kappa shape index (κ3) is 5.62. The molecule has 0 aliphatic rings. The van der Waals surface area contributed by atoms with Gasteiger partial charge in [-0.2, -0.15) is 5.26 Å². The van der Waals surface area contributed by atoms with Gasteiger partial charge < -0.3 is 10.1 Å². The number of rotatable bonds is 6. The second kappa shape index (κ2) is 9.42. The Hall–Kier alpha value is -2.29. The SMILES string of the molecule is CC(C)NC(=O)/C(C#N)=C\c1ccc(OCc2ccccc2Cl)c(Br)c1. The summed E-state index contributed by atoms with van der Waals surface area (Å²) in [5, 5.41) is 12.6. The van der Waals surface area contributed by atoms with Crippen molar-refractivity contribution < 1.29 is 9.53 Å². The molecule has 0 radical (unpaired) electrons. The number of benzene rings is 2. The van der Waals surface area contributed by atoms with Crippen LogP contribution >= 0.6 is 27.5 Å². The van der Waals surface area contributed by atoms with Crippen LogP contribution in [0.4, 0.5) is 0 Å². The van der Waals surface area contributed by atoms with Gasteiger partial charge in [0.2, 0.25) is 0 Å². The summed E-state index contributed by atoms with van der Waals surface area (Å²) < 4.78 is 6.52. The molecule has 0 spiro atoms. The fraction of sp³-hybridized carbons (Fsp3) is 0.200. The average Bonchev–Trinajstić information content (AvgIpc) is 2.59. The van der Waals surface area contributed by atoms with E-state index in [0.717, 1.165) is 15.6 Å². The smallest absolute Gasteiger partial charge is 0.262 e. The van der Waals surface area contributed by atoms with Crippen LogP contribution in [0.5, 0.6) is 5.75 Å². The number of amides is 1. The predicted octanol–water partition coefficient (Wildman–Crippen LogP) is 5.11. The van der Waals surface area contributed by atoms with E-state index in [1.54, 1.807) is 24.3 Å². The van der Waals surface area contributed by atoms with E-state index in [1.807, 2.05) is 44.2 Å². The minimum absolute atomic E-state index is 0.0356. The Morgan fingerprint density at radius 1 is 1.35 bits per heavy atom. The maximum absolute atomic E-state index is 12.0. The molecule has 26 heavy (non-hydrogen) atoms. The molecule has 134 valence electrons. The van der Waals surface area contributed by atoms with E-state index in [1.165, 1.54) is 0 Å². The highest BCUT2D eigenvalue weighted by molar-refractivity contribution is 9.10. The van der Waals surface area contributed by atoms with Crippen molar-refractivity contribution in [1.82, 2.24) is 5.32 Å². The largest absolute Gasteiger partial charge is 0.488 e. The van der Waals surface area contributed by atoms with Crippen LogP contribution < -0.4 is 10.1 Å². The molecule has 1 amide bonds. The first-order valence-electron chi connectivity index (χ1n) is 7.99. The number of carbonyl (C=O) groups excluding carboxylic acids is 1. The maximum Gasteiger partial charge on any atom is 0.262 e. The molecule has 0 aliphatic carbocycles. The summed E-state index contributed by atoms with van der Waals surface area (Å²) >= 11 is 9.58. The normalized spacial score (nSPS) is 11.2. The van der Waals surface area contributed by atoms with Gasteiger partial charge in [0.1, 0.15) is 24.0 Å². The van der Waals surface area contributed by atoms with Gasteiger partial charge in [0.25, 0.3) is 5.91 Å². The lowest BCUT2D eigenvalue weighted by molar-refractivity contribution is -0.117. The fourth-order valence-corrected chi connectivity index (χ4v) is 2.85. The number of nitrogens with one attached hydrogen (secondary N) is 1. The van der Waals surface area contributed by atoms with Crippen LogP contribution in [0.1, 0.15) is 25.0 Å². The Morgan fingerprint density at radius 2 is 2.08 bits per heavy atom. The third-order valence-corrected chi connectivity index (χ3v) is 4.38. The van der Waals surface area contributed by atoms with Crippen LogP contribution in [0.3, 0.4) is 0 Å². The zero-order valence-corrected chi connectivity index (χ0v) is 16.8. The van der Waals surface area contributed by atoms with Crippen molar-refractivity contribution in [2.24, 2.45) is 0 Å². The van der Waals surface area contributed by atoms with Gasteiger partial charge in [-0.1, -0.05) is 35.9 Å². The Labute approximate surface area is 166 Å². The second-order valence-corrected chi connectivity index (χ2v) is 7.13. The second-order valence-electron chi connectivity index (χ2n) is 5.87. The van der Waals surface area contributed by atoms with Gasteiger partial charge in [-0.25, -0.2) is 0 Å². The third-order valence-electron chi connectivity index (χ3n) is 3.39. The first-order chi connectivity index (χ1) is 12.4. The quantitative estimate of drug-likeness (QED) is 0.508. The highest BCUT2D eigenvalue weighted by Gasteiger charge is 2.11. The fourth-order valence-electron chi connectivity index (χ4n) is 2.15. The summed E-state index contributed by atoms with van der Waals surface area (Å²) in [4.78, 5) is 12.0. The highest BCUT2D eigenvalue weighted by Crippen LogP contribution is 2.28. The van der Waals surface area contributed by atoms with Crippen molar-refractivity contribution in [2.75, 3.05) is 0 Å². The zero-order valence-electron chi connectivity index (χ0n) is 14.4. The van der Waals surface area contributed by atoms with Crippen LogP contribution in [0.15, 0.2) is 52.5 Å². The summed E-state index contributed by atoms with van der Waals surface area (Å²) in [6.45, 7) is 4.02. The summed E-state index contributed by atoms with van der Waals surface area (Å²) in [5.41, 5.74) is 1.66. The molecule has 0 saturated heterocycles. The van der Waals surface area contributed by atoms with Gasteiger partial charge in [-0.15, -0.1) is 0 Å². The average molecular weight is 434 g/mol. The summed E-state index contributed by atoms with van der Waals surface area (Å²) in [7, 11) is 0. The maximum atomic E-state index is 12.0.